The Morgan fingerprint density at radius 2 is 1.97 bits per heavy atom. The minimum Gasteiger partial charge on any atom is -0.394 e. The maximum Gasteiger partial charge on any atom is 0.227 e. The van der Waals surface area contributed by atoms with Crippen LogP contribution >= 0.6 is 0 Å². The lowest BCUT2D eigenvalue weighted by Gasteiger charge is -2.16. The maximum atomic E-state index is 9.58. The van der Waals surface area contributed by atoms with Crippen LogP contribution in [0.3, 0.4) is 0 Å². The highest BCUT2D eigenvalue weighted by Gasteiger charge is 2.16. The molecular weight excluding hydrogens is 400 g/mol. The van der Waals surface area contributed by atoms with Gasteiger partial charge in [0.15, 0.2) is 17.0 Å². The molecule has 0 saturated carbocycles. The van der Waals surface area contributed by atoms with E-state index in [1.807, 2.05) is 17.8 Å². The van der Waals surface area contributed by atoms with Crippen molar-refractivity contribution >= 4 is 22.9 Å². The average molecular weight is 433 g/mol. The largest absolute Gasteiger partial charge is 0.394 e. The van der Waals surface area contributed by atoms with Crippen LogP contribution in [-0.2, 0) is 6.54 Å². The average Bonchev–Trinajstić information content (AvgIpc) is 3.26. The SMILES string of the molecule is CC[C@H](CO)Nc1nc(NCc2ccc(C3C=CC=CC3)cc2)c2ncn(C(C)C)c2n1. The molecule has 0 radical (unpaired) electrons. The van der Waals surface area contributed by atoms with Crippen LogP contribution in [0.2, 0.25) is 0 Å². The van der Waals surface area contributed by atoms with Gasteiger partial charge in [0.1, 0.15) is 0 Å². The number of allylic oxidation sites excluding steroid dienone is 4. The lowest BCUT2D eigenvalue weighted by atomic mass is 9.92. The first-order chi connectivity index (χ1) is 15.6. The van der Waals surface area contributed by atoms with Crippen LogP contribution in [0.5, 0.6) is 0 Å². The number of hydrogen-bond acceptors (Lipinski definition) is 6. The summed E-state index contributed by atoms with van der Waals surface area (Å²) in [5.74, 6) is 1.64. The first-order valence-corrected chi connectivity index (χ1v) is 11.4. The van der Waals surface area contributed by atoms with E-state index in [4.69, 9.17) is 0 Å². The Hall–Kier alpha value is -3.19. The summed E-state index contributed by atoms with van der Waals surface area (Å²) in [4.78, 5) is 13.9. The number of imidazole rings is 1. The van der Waals surface area contributed by atoms with Crippen LogP contribution in [0.25, 0.3) is 11.2 Å². The second-order valence-corrected chi connectivity index (χ2v) is 8.50. The number of aliphatic hydroxyl groups is 1. The fourth-order valence-electron chi connectivity index (χ4n) is 3.84. The van der Waals surface area contributed by atoms with Gasteiger partial charge in [-0.1, -0.05) is 55.5 Å². The van der Waals surface area contributed by atoms with Crippen LogP contribution in [0.1, 0.15) is 56.7 Å². The highest BCUT2D eigenvalue weighted by atomic mass is 16.3. The summed E-state index contributed by atoms with van der Waals surface area (Å²) in [6.45, 7) is 6.89. The third kappa shape index (κ3) is 4.83. The highest BCUT2D eigenvalue weighted by molar-refractivity contribution is 5.84. The Morgan fingerprint density at radius 3 is 2.62 bits per heavy atom. The molecule has 0 aliphatic heterocycles. The number of nitrogens with zero attached hydrogens (tertiary/aromatic N) is 4. The van der Waals surface area contributed by atoms with E-state index in [2.05, 4.69) is 88.0 Å². The minimum absolute atomic E-state index is 0.0302. The van der Waals surface area contributed by atoms with Crippen molar-refractivity contribution in [2.75, 3.05) is 17.2 Å². The van der Waals surface area contributed by atoms with Gasteiger partial charge in [0, 0.05) is 18.5 Å². The number of fused-ring (bicyclic) bond motifs is 1. The zero-order valence-corrected chi connectivity index (χ0v) is 19.0. The van der Waals surface area contributed by atoms with Gasteiger partial charge >= 0.3 is 0 Å². The number of nitrogens with one attached hydrogen (secondary N) is 2. The summed E-state index contributed by atoms with van der Waals surface area (Å²) in [6, 6.07) is 8.87. The van der Waals surface area contributed by atoms with E-state index in [0.29, 0.717) is 24.2 Å². The molecule has 0 fully saturated rings. The number of benzene rings is 1. The van der Waals surface area contributed by atoms with Gasteiger partial charge in [0.25, 0.3) is 0 Å². The van der Waals surface area contributed by atoms with E-state index < -0.39 is 0 Å². The number of aromatic nitrogens is 4. The maximum absolute atomic E-state index is 9.58. The molecule has 1 aliphatic rings. The van der Waals surface area contributed by atoms with Crippen molar-refractivity contribution in [3.05, 3.63) is 66.0 Å². The van der Waals surface area contributed by atoms with Crippen LogP contribution in [-0.4, -0.2) is 37.3 Å². The monoisotopic (exact) mass is 432 g/mol. The third-order valence-electron chi connectivity index (χ3n) is 5.87. The normalized spacial score (nSPS) is 16.6. The smallest absolute Gasteiger partial charge is 0.227 e. The number of aliphatic hydroxyl groups excluding tert-OH is 1. The molecule has 2 aromatic heterocycles. The molecule has 1 unspecified atom stereocenters. The van der Waals surface area contributed by atoms with Gasteiger partial charge in [-0.25, -0.2) is 4.98 Å². The van der Waals surface area contributed by atoms with E-state index in [-0.39, 0.29) is 18.7 Å². The molecule has 4 rings (SSSR count). The zero-order chi connectivity index (χ0) is 22.5. The van der Waals surface area contributed by atoms with Crippen molar-refractivity contribution in [3.8, 4) is 0 Å². The van der Waals surface area contributed by atoms with E-state index in [0.717, 1.165) is 24.0 Å². The summed E-state index contributed by atoms with van der Waals surface area (Å²) >= 11 is 0. The summed E-state index contributed by atoms with van der Waals surface area (Å²) in [5.41, 5.74) is 4.03. The highest BCUT2D eigenvalue weighted by Crippen LogP contribution is 2.26. The topological polar surface area (TPSA) is 87.9 Å². The Kier molecular flexibility index (Phi) is 6.85. The molecule has 0 amide bonds. The summed E-state index contributed by atoms with van der Waals surface area (Å²) in [5, 5.41) is 16.3. The van der Waals surface area contributed by atoms with Gasteiger partial charge in [0.2, 0.25) is 5.95 Å². The van der Waals surface area contributed by atoms with Crippen LogP contribution < -0.4 is 10.6 Å². The van der Waals surface area contributed by atoms with E-state index in [1.54, 1.807) is 0 Å². The molecule has 0 bridgehead atoms. The lowest BCUT2D eigenvalue weighted by molar-refractivity contribution is 0.271. The van der Waals surface area contributed by atoms with Crippen molar-refractivity contribution in [2.45, 2.75) is 58.2 Å². The Balaban J connectivity index is 1.56. The van der Waals surface area contributed by atoms with Gasteiger partial charge < -0.3 is 20.3 Å². The predicted octanol–water partition coefficient (Wildman–Crippen LogP) is 4.80. The molecule has 1 aliphatic carbocycles. The Bertz CT molecular complexity index is 1100. The molecule has 32 heavy (non-hydrogen) atoms. The van der Waals surface area contributed by atoms with Gasteiger partial charge in [0.05, 0.1) is 19.0 Å². The molecule has 3 N–H and O–H groups in total. The molecule has 0 saturated heterocycles. The molecule has 3 aromatic rings. The van der Waals surface area contributed by atoms with Gasteiger partial charge in [-0.2, -0.15) is 9.97 Å². The zero-order valence-electron chi connectivity index (χ0n) is 19.0. The van der Waals surface area contributed by atoms with E-state index >= 15 is 0 Å². The van der Waals surface area contributed by atoms with Crippen molar-refractivity contribution in [2.24, 2.45) is 0 Å². The molecule has 168 valence electrons. The first kappa shape index (κ1) is 22.0. The van der Waals surface area contributed by atoms with Gasteiger partial charge in [-0.15, -0.1) is 0 Å². The Morgan fingerprint density at radius 1 is 1.16 bits per heavy atom. The van der Waals surface area contributed by atoms with E-state index in [1.165, 1.54) is 11.1 Å². The quantitative estimate of drug-likeness (QED) is 0.450. The fourth-order valence-corrected chi connectivity index (χ4v) is 3.84. The molecule has 2 heterocycles. The second kappa shape index (κ2) is 9.96. The number of hydrogen-bond donors (Lipinski definition) is 3. The summed E-state index contributed by atoms with van der Waals surface area (Å²) < 4.78 is 2.04. The number of rotatable bonds is 9. The van der Waals surface area contributed by atoms with Crippen molar-refractivity contribution in [1.82, 2.24) is 19.5 Å². The summed E-state index contributed by atoms with van der Waals surface area (Å²) in [7, 11) is 0. The summed E-state index contributed by atoms with van der Waals surface area (Å²) in [6.07, 6.45) is 12.3. The van der Waals surface area contributed by atoms with Crippen LogP contribution in [0, 0.1) is 0 Å². The second-order valence-electron chi connectivity index (χ2n) is 8.50. The fraction of sp³-hybridized carbons (Fsp3) is 0.400. The van der Waals surface area contributed by atoms with Crippen molar-refractivity contribution < 1.29 is 5.11 Å². The third-order valence-corrected chi connectivity index (χ3v) is 5.87. The number of anilines is 2. The van der Waals surface area contributed by atoms with Gasteiger partial charge in [-0.05, 0) is 37.8 Å². The molecule has 1 aromatic carbocycles. The molecule has 0 spiro atoms. The lowest BCUT2D eigenvalue weighted by Crippen LogP contribution is -2.24. The standard InChI is InChI=1S/C25H32N6O/c1-4-21(15-32)28-25-29-23(22-24(30-25)31(16-27-22)17(2)3)26-14-18-10-12-20(13-11-18)19-8-6-5-7-9-19/h5-8,10-13,16-17,19,21,32H,4,9,14-15H2,1-3H3,(H2,26,28,29,30)/t19?,21-/m1/s1. The molecular formula is C25H32N6O. The van der Waals surface area contributed by atoms with Crippen molar-refractivity contribution in [3.63, 3.8) is 0 Å². The van der Waals surface area contributed by atoms with E-state index in [9.17, 15) is 5.11 Å². The first-order valence-electron chi connectivity index (χ1n) is 11.4. The van der Waals surface area contributed by atoms with Crippen LogP contribution in [0.15, 0.2) is 54.9 Å². The predicted molar refractivity (Wildman–Crippen MR) is 130 cm³/mol. The van der Waals surface area contributed by atoms with Crippen LogP contribution in [0.4, 0.5) is 11.8 Å². The van der Waals surface area contributed by atoms with Crippen molar-refractivity contribution in [1.29, 1.82) is 0 Å². The molecule has 7 nitrogen and oxygen atoms in total. The van der Waals surface area contributed by atoms with Gasteiger partial charge in [-0.3, -0.25) is 0 Å². The molecule has 2 atom stereocenters. The Labute approximate surface area is 189 Å². The minimum atomic E-state index is -0.0908. The molecule has 7 heteroatoms.